The molecule has 2 aromatic rings. The van der Waals surface area contributed by atoms with Crippen LogP contribution in [-0.2, 0) is 10.3 Å². The molecule has 0 amide bonds. The first kappa shape index (κ1) is 14.9. The summed E-state index contributed by atoms with van der Waals surface area (Å²) in [5.74, 6) is -0.959. The van der Waals surface area contributed by atoms with Crippen LogP contribution >= 0.6 is 27.5 Å². The number of carboxylic acid groups (broad SMARTS) is 1. The van der Waals surface area contributed by atoms with Crippen molar-refractivity contribution in [2.75, 3.05) is 5.32 Å². The molecule has 20 heavy (non-hydrogen) atoms. The summed E-state index contributed by atoms with van der Waals surface area (Å²) in [7, 11) is 0. The molecule has 5 heteroatoms. The Morgan fingerprint density at radius 3 is 2.45 bits per heavy atom. The van der Waals surface area contributed by atoms with Crippen LogP contribution in [0.2, 0.25) is 5.02 Å². The van der Waals surface area contributed by atoms with E-state index in [9.17, 15) is 9.90 Å². The van der Waals surface area contributed by atoms with E-state index in [2.05, 4.69) is 21.2 Å². The van der Waals surface area contributed by atoms with Gasteiger partial charge >= 0.3 is 5.97 Å². The lowest BCUT2D eigenvalue weighted by Gasteiger charge is -2.28. The van der Waals surface area contributed by atoms with E-state index in [1.165, 1.54) is 0 Å². The second-order valence-electron chi connectivity index (χ2n) is 4.57. The minimum absolute atomic E-state index is 0.554. The highest BCUT2D eigenvalue weighted by Gasteiger charge is 2.35. The summed E-state index contributed by atoms with van der Waals surface area (Å²) in [5.41, 5.74) is 0.0873. The van der Waals surface area contributed by atoms with Gasteiger partial charge in [-0.15, -0.1) is 0 Å². The third kappa shape index (κ3) is 3.14. The maximum atomic E-state index is 11.7. The van der Waals surface area contributed by atoms with Crippen LogP contribution in [0.4, 0.5) is 5.69 Å². The van der Waals surface area contributed by atoms with E-state index >= 15 is 0 Å². The normalized spacial score (nSPS) is 13.6. The molecule has 0 aliphatic heterocycles. The van der Waals surface area contributed by atoms with Gasteiger partial charge in [0.2, 0.25) is 0 Å². The maximum Gasteiger partial charge on any atom is 0.333 e. The molecular formula is C15H13BrClNO2. The molecule has 0 heterocycles. The number of hydrogen-bond donors (Lipinski definition) is 2. The van der Waals surface area contributed by atoms with Crippen molar-refractivity contribution in [2.45, 2.75) is 12.5 Å². The van der Waals surface area contributed by atoms with Crippen molar-refractivity contribution < 1.29 is 9.90 Å². The number of hydrogen-bond acceptors (Lipinski definition) is 2. The summed E-state index contributed by atoms with van der Waals surface area (Å²) in [5, 5.41) is 13.2. The second-order valence-corrected chi connectivity index (χ2v) is 5.92. The number of benzene rings is 2. The van der Waals surface area contributed by atoms with Crippen LogP contribution in [0, 0.1) is 0 Å². The minimum Gasteiger partial charge on any atom is -0.479 e. The Hall–Kier alpha value is -1.52. The molecular weight excluding hydrogens is 342 g/mol. The molecule has 2 rings (SSSR count). The number of aliphatic carboxylic acids is 1. The van der Waals surface area contributed by atoms with E-state index in [4.69, 9.17) is 11.6 Å². The van der Waals surface area contributed by atoms with Crippen LogP contribution in [-0.4, -0.2) is 11.1 Å². The fourth-order valence-electron chi connectivity index (χ4n) is 1.89. The Morgan fingerprint density at radius 2 is 1.90 bits per heavy atom. The fourth-order valence-corrected chi connectivity index (χ4v) is 2.34. The van der Waals surface area contributed by atoms with Gasteiger partial charge in [0.05, 0.1) is 0 Å². The molecule has 0 aromatic heterocycles. The first-order chi connectivity index (χ1) is 9.41. The highest BCUT2D eigenvalue weighted by Crippen LogP contribution is 2.28. The molecule has 0 saturated carbocycles. The molecule has 2 N–H and O–H groups in total. The Labute approximate surface area is 130 Å². The molecule has 2 aromatic carbocycles. The topological polar surface area (TPSA) is 49.3 Å². The van der Waals surface area contributed by atoms with Gasteiger partial charge in [-0.05, 0) is 42.8 Å². The van der Waals surface area contributed by atoms with Gasteiger partial charge in [-0.1, -0.05) is 45.7 Å². The zero-order valence-corrected chi connectivity index (χ0v) is 13.1. The number of carbonyl (C=O) groups is 1. The lowest BCUT2D eigenvalue weighted by molar-refractivity contribution is -0.142. The summed E-state index contributed by atoms with van der Waals surface area (Å²) in [4.78, 5) is 11.7. The second kappa shape index (κ2) is 5.85. The minimum atomic E-state index is -1.23. The standard InChI is InChI=1S/C15H13BrClNO2/c1-15(14(19)20,10-5-7-11(16)8-6-10)18-13-4-2-3-12(17)9-13/h2-9,18H,1H3,(H,19,20). The van der Waals surface area contributed by atoms with E-state index in [-0.39, 0.29) is 0 Å². The Morgan fingerprint density at radius 1 is 1.25 bits per heavy atom. The third-order valence-electron chi connectivity index (χ3n) is 3.07. The average molecular weight is 355 g/mol. The Balaban J connectivity index is 2.39. The molecule has 0 radical (unpaired) electrons. The number of nitrogens with one attached hydrogen (secondary N) is 1. The highest BCUT2D eigenvalue weighted by atomic mass is 79.9. The fraction of sp³-hybridized carbons (Fsp3) is 0.133. The van der Waals surface area contributed by atoms with Crippen molar-refractivity contribution >= 4 is 39.2 Å². The summed E-state index contributed by atoms with van der Waals surface area (Å²) in [6.07, 6.45) is 0. The van der Waals surface area contributed by atoms with Crippen LogP contribution < -0.4 is 5.32 Å². The monoisotopic (exact) mass is 353 g/mol. The number of halogens is 2. The smallest absolute Gasteiger partial charge is 0.333 e. The molecule has 1 atom stereocenters. The van der Waals surface area contributed by atoms with Crippen LogP contribution in [0.1, 0.15) is 12.5 Å². The van der Waals surface area contributed by atoms with Gasteiger partial charge in [-0.3, -0.25) is 0 Å². The van der Waals surface area contributed by atoms with Gasteiger partial charge in [0.1, 0.15) is 0 Å². The average Bonchev–Trinajstić information content (AvgIpc) is 2.39. The third-order valence-corrected chi connectivity index (χ3v) is 3.83. The Kier molecular flexibility index (Phi) is 4.35. The number of anilines is 1. The number of carboxylic acids is 1. The lowest BCUT2D eigenvalue weighted by Crippen LogP contribution is -2.40. The van der Waals surface area contributed by atoms with Crippen molar-refractivity contribution in [1.29, 1.82) is 0 Å². The highest BCUT2D eigenvalue weighted by molar-refractivity contribution is 9.10. The Bertz CT molecular complexity index is 630. The van der Waals surface area contributed by atoms with Gasteiger partial charge < -0.3 is 10.4 Å². The zero-order chi connectivity index (χ0) is 14.8. The zero-order valence-electron chi connectivity index (χ0n) is 10.7. The van der Waals surface area contributed by atoms with E-state index in [0.717, 1.165) is 4.47 Å². The van der Waals surface area contributed by atoms with Crippen LogP contribution in [0.15, 0.2) is 53.0 Å². The molecule has 0 spiro atoms. The van der Waals surface area contributed by atoms with Gasteiger partial charge in [-0.25, -0.2) is 4.79 Å². The first-order valence-corrected chi connectivity index (χ1v) is 7.12. The first-order valence-electron chi connectivity index (χ1n) is 5.95. The van der Waals surface area contributed by atoms with E-state index in [0.29, 0.717) is 16.3 Å². The summed E-state index contributed by atoms with van der Waals surface area (Å²) >= 11 is 9.27. The predicted octanol–water partition coefficient (Wildman–Crippen LogP) is 4.51. The van der Waals surface area contributed by atoms with Gasteiger partial charge in [0.25, 0.3) is 0 Å². The van der Waals surface area contributed by atoms with Crippen molar-refractivity contribution in [3.05, 3.63) is 63.6 Å². The molecule has 104 valence electrons. The van der Waals surface area contributed by atoms with Crippen LogP contribution in [0.5, 0.6) is 0 Å². The van der Waals surface area contributed by atoms with Crippen molar-refractivity contribution in [3.63, 3.8) is 0 Å². The van der Waals surface area contributed by atoms with Crippen LogP contribution in [0.25, 0.3) is 0 Å². The summed E-state index contributed by atoms with van der Waals surface area (Å²) < 4.78 is 0.900. The molecule has 0 aliphatic rings. The maximum absolute atomic E-state index is 11.7. The molecule has 1 unspecified atom stereocenters. The van der Waals surface area contributed by atoms with Crippen molar-refractivity contribution in [1.82, 2.24) is 0 Å². The van der Waals surface area contributed by atoms with Crippen molar-refractivity contribution in [2.24, 2.45) is 0 Å². The number of rotatable bonds is 4. The lowest BCUT2D eigenvalue weighted by atomic mass is 9.91. The largest absolute Gasteiger partial charge is 0.479 e. The summed E-state index contributed by atoms with van der Waals surface area (Å²) in [6.45, 7) is 1.62. The summed E-state index contributed by atoms with van der Waals surface area (Å²) in [6, 6.07) is 14.2. The van der Waals surface area contributed by atoms with Crippen molar-refractivity contribution in [3.8, 4) is 0 Å². The molecule has 0 saturated heterocycles. The van der Waals surface area contributed by atoms with Crippen LogP contribution in [0.3, 0.4) is 0 Å². The van der Waals surface area contributed by atoms with Gasteiger partial charge in [0.15, 0.2) is 5.54 Å². The SMILES string of the molecule is CC(Nc1cccc(Cl)c1)(C(=O)O)c1ccc(Br)cc1. The van der Waals surface area contributed by atoms with Gasteiger partial charge in [-0.2, -0.15) is 0 Å². The molecule has 0 aliphatic carbocycles. The van der Waals surface area contributed by atoms with E-state index < -0.39 is 11.5 Å². The van der Waals surface area contributed by atoms with Gasteiger partial charge in [0, 0.05) is 15.2 Å². The predicted molar refractivity (Wildman–Crippen MR) is 84.2 cm³/mol. The molecule has 0 bridgehead atoms. The quantitative estimate of drug-likeness (QED) is 0.849. The van der Waals surface area contributed by atoms with E-state index in [1.807, 2.05) is 12.1 Å². The molecule has 0 fully saturated rings. The van der Waals surface area contributed by atoms with E-state index in [1.54, 1.807) is 43.3 Å². The molecule has 3 nitrogen and oxygen atoms in total.